The molecule has 18 heavy (non-hydrogen) atoms. The topological polar surface area (TPSA) is 144 Å². The van der Waals surface area contributed by atoms with Gasteiger partial charge in [0, 0.05) is 12.8 Å². The summed E-state index contributed by atoms with van der Waals surface area (Å²) in [5.41, 5.74) is 8.50. The third-order valence-corrected chi connectivity index (χ3v) is 2.03. The zero-order valence-electron chi connectivity index (χ0n) is 10.4. The number of nitrogens with two attached hydrogens (primary N) is 2. The molecule has 0 aliphatic rings. The van der Waals surface area contributed by atoms with Crippen LogP contribution in [0.4, 0.5) is 4.79 Å². The molecule has 0 spiro atoms. The van der Waals surface area contributed by atoms with Gasteiger partial charge >= 0.3 is 18.0 Å². The summed E-state index contributed by atoms with van der Waals surface area (Å²) in [5.74, 6) is -1.48. The SMILES string of the molecule is NC(N)=O.O=C(O)CCCCCCCCC(=O)O. The zero-order valence-corrected chi connectivity index (χ0v) is 10.4. The van der Waals surface area contributed by atoms with Crippen LogP contribution in [0.15, 0.2) is 0 Å². The first-order valence-corrected chi connectivity index (χ1v) is 5.84. The first kappa shape index (κ1) is 18.6. The number of urea groups is 1. The lowest BCUT2D eigenvalue weighted by molar-refractivity contribution is -0.138. The average Bonchev–Trinajstić information content (AvgIpc) is 2.20. The average molecular weight is 262 g/mol. The van der Waals surface area contributed by atoms with Crippen molar-refractivity contribution in [3.05, 3.63) is 0 Å². The van der Waals surface area contributed by atoms with Gasteiger partial charge in [-0.05, 0) is 12.8 Å². The maximum absolute atomic E-state index is 10.1. The molecule has 2 amide bonds. The van der Waals surface area contributed by atoms with Gasteiger partial charge in [0.25, 0.3) is 0 Å². The second-order valence-corrected chi connectivity index (χ2v) is 3.81. The van der Waals surface area contributed by atoms with Crippen molar-refractivity contribution in [1.29, 1.82) is 0 Å². The van der Waals surface area contributed by atoms with Gasteiger partial charge in [0.2, 0.25) is 0 Å². The fourth-order valence-electron chi connectivity index (χ4n) is 1.26. The summed E-state index contributed by atoms with van der Waals surface area (Å²) in [6.45, 7) is 0. The number of carboxylic acids is 2. The van der Waals surface area contributed by atoms with Gasteiger partial charge in [0.1, 0.15) is 0 Å². The number of primary amides is 2. The van der Waals surface area contributed by atoms with Crippen molar-refractivity contribution in [2.75, 3.05) is 0 Å². The Kier molecular flexibility index (Phi) is 13.7. The molecule has 0 rings (SSSR count). The molecule has 106 valence electrons. The number of carbonyl (C=O) groups is 3. The maximum Gasteiger partial charge on any atom is 0.309 e. The molecule has 0 atom stereocenters. The Morgan fingerprint density at radius 1 is 0.667 bits per heavy atom. The number of rotatable bonds is 9. The molecule has 0 aliphatic heterocycles. The lowest BCUT2D eigenvalue weighted by Crippen LogP contribution is -2.18. The summed E-state index contributed by atoms with van der Waals surface area (Å²) >= 11 is 0. The van der Waals surface area contributed by atoms with Crippen LogP contribution in [0.25, 0.3) is 0 Å². The van der Waals surface area contributed by atoms with Crippen LogP contribution in [-0.2, 0) is 9.59 Å². The van der Waals surface area contributed by atoms with Crippen molar-refractivity contribution >= 4 is 18.0 Å². The van der Waals surface area contributed by atoms with E-state index in [0.717, 1.165) is 38.5 Å². The van der Waals surface area contributed by atoms with E-state index in [-0.39, 0.29) is 12.8 Å². The number of unbranched alkanes of at least 4 members (excludes halogenated alkanes) is 5. The quantitative estimate of drug-likeness (QED) is 0.463. The van der Waals surface area contributed by atoms with E-state index in [9.17, 15) is 9.59 Å². The van der Waals surface area contributed by atoms with E-state index in [1.807, 2.05) is 0 Å². The molecule has 0 radical (unpaired) electrons. The molecule has 0 aliphatic carbocycles. The molecule has 0 unspecified atom stereocenters. The Hall–Kier alpha value is -1.79. The third kappa shape index (κ3) is 29.2. The predicted molar refractivity (Wildman–Crippen MR) is 66.0 cm³/mol. The largest absolute Gasteiger partial charge is 0.481 e. The minimum atomic E-state index is -0.833. The van der Waals surface area contributed by atoms with Crippen molar-refractivity contribution < 1.29 is 24.6 Å². The zero-order chi connectivity index (χ0) is 14.4. The molecule has 7 heteroatoms. The number of hydrogen-bond donors (Lipinski definition) is 4. The highest BCUT2D eigenvalue weighted by Crippen LogP contribution is 2.08. The van der Waals surface area contributed by atoms with E-state index in [0.29, 0.717) is 0 Å². The molecule has 6 N–H and O–H groups in total. The van der Waals surface area contributed by atoms with E-state index in [2.05, 4.69) is 11.5 Å². The van der Waals surface area contributed by atoms with Crippen LogP contribution < -0.4 is 11.5 Å². The van der Waals surface area contributed by atoms with Gasteiger partial charge in [-0.1, -0.05) is 25.7 Å². The monoisotopic (exact) mass is 262 g/mol. The third-order valence-electron chi connectivity index (χ3n) is 2.03. The predicted octanol–water partition coefficient (Wildman–Crippen LogP) is 1.30. The highest BCUT2D eigenvalue weighted by atomic mass is 16.4. The first-order chi connectivity index (χ1) is 8.36. The van der Waals surface area contributed by atoms with Gasteiger partial charge in [-0.25, -0.2) is 4.79 Å². The smallest absolute Gasteiger partial charge is 0.309 e. The van der Waals surface area contributed by atoms with Gasteiger partial charge in [-0.15, -0.1) is 0 Å². The fraction of sp³-hybridized carbons (Fsp3) is 0.727. The number of aliphatic carboxylic acids is 2. The van der Waals surface area contributed by atoms with Crippen molar-refractivity contribution in [3.63, 3.8) is 0 Å². The minimum Gasteiger partial charge on any atom is -0.481 e. The lowest BCUT2D eigenvalue weighted by atomic mass is 10.1. The molecule has 0 bridgehead atoms. The Morgan fingerprint density at radius 2 is 0.889 bits per heavy atom. The van der Waals surface area contributed by atoms with Crippen LogP contribution in [0.3, 0.4) is 0 Å². The first-order valence-electron chi connectivity index (χ1n) is 5.84. The molecule has 0 aromatic heterocycles. The summed E-state index contributed by atoms with van der Waals surface area (Å²) in [4.78, 5) is 29.3. The molecule has 0 fully saturated rings. The van der Waals surface area contributed by atoms with E-state index < -0.39 is 18.0 Å². The highest BCUT2D eigenvalue weighted by Gasteiger charge is 1.98. The van der Waals surface area contributed by atoms with Gasteiger partial charge < -0.3 is 21.7 Å². The van der Waals surface area contributed by atoms with Crippen molar-refractivity contribution in [3.8, 4) is 0 Å². The molecule has 0 saturated heterocycles. The van der Waals surface area contributed by atoms with Crippen LogP contribution in [0.5, 0.6) is 0 Å². The molecule has 0 heterocycles. The highest BCUT2D eigenvalue weighted by molar-refractivity contribution is 5.69. The second-order valence-electron chi connectivity index (χ2n) is 3.81. The maximum atomic E-state index is 10.1. The molecule has 0 aromatic carbocycles. The van der Waals surface area contributed by atoms with E-state index >= 15 is 0 Å². The Balaban J connectivity index is 0. The Bertz CT molecular complexity index is 232. The fourth-order valence-corrected chi connectivity index (χ4v) is 1.26. The van der Waals surface area contributed by atoms with Crippen LogP contribution in [-0.4, -0.2) is 28.2 Å². The molecular weight excluding hydrogens is 240 g/mol. The van der Waals surface area contributed by atoms with Gasteiger partial charge in [-0.3, -0.25) is 9.59 Å². The number of carboxylic acid groups (broad SMARTS) is 2. The molecule has 0 aromatic rings. The standard InChI is InChI=1S/C10H18O4.CH4N2O/c11-9(12)7-5-3-1-2-4-6-8-10(13)14;2-1(3)4/h1-8H2,(H,11,12)(H,13,14);(H4,2,3,4). The minimum absolute atomic E-state index is 0.245. The summed E-state index contributed by atoms with van der Waals surface area (Å²) in [5, 5.41) is 16.7. The summed E-state index contributed by atoms with van der Waals surface area (Å²) in [6, 6.07) is -0.833. The van der Waals surface area contributed by atoms with E-state index in [1.54, 1.807) is 0 Å². The van der Waals surface area contributed by atoms with Crippen LogP contribution in [0.1, 0.15) is 51.4 Å². The van der Waals surface area contributed by atoms with Crippen molar-refractivity contribution in [2.45, 2.75) is 51.4 Å². The van der Waals surface area contributed by atoms with E-state index in [1.165, 1.54) is 0 Å². The number of carbonyl (C=O) groups excluding carboxylic acids is 1. The van der Waals surface area contributed by atoms with Crippen LogP contribution in [0.2, 0.25) is 0 Å². The van der Waals surface area contributed by atoms with Crippen LogP contribution in [0, 0.1) is 0 Å². The van der Waals surface area contributed by atoms with Crippen molar-refractivity contribution in [2.24, 2.45) is 11.5 Å². The molecular formula is C11H22N2O5. The second kappa shape index (κ2) is 13.3. The van der Waals surface area contributed by atoms with Gasteiger partial charge in [-0.2, -0.15) is 0 Å². The normalized spacial score (nSPS) is 9.11. The number of hydrogen-bond acceptors (Lipinski definition) is 3. The number of amides is 2. The van der Waals surface area contributed by atoms with Gasteiger partial charge in [0.15, 0.2) is 0 Å². The molecule has 7 nitrogen and oxygen atoms in total. The van der Waals surface area contributed by atoms with Crippen LogP contribution >= 0.6 is 0 Å². The summed E-state index contributed by atoms with van der Waals surface area (Å²) in [6.07, 6.45) is 5.82. The van der Waals surface area contributed by atoms with E-state index in [4.69, 9.17) is 15.0 Å². The van der Waals surface area contributed by atoms with Gasteiger partial charge in [0.05, 0.1) is 0 Å². The summed E-state index contributed by atoms with van der Waals surface area (Å²) in [7, 11) is 0. The van der Waals surface area contributed by atoms with Crippen molar-refractivity contribution in [1.82, 2.24) is 0 Å². The summed E-state index contributed by atoms with van der Waals surface area (Å²) < 4.78 is 0. The lowest BCUT2D eigenvalue weighted by Gasteiger charge is -1.98. The Labute approximate surface area is 106 Å². The molecule has 0 saturated carbocycles. The Morgan fingerprint density at radius 3 is 1.11 bits per heavy atom.